The maximum absolute atomic E-state index is 12.1. The van der Waals surface area contributed by atoms with E-state index in [1.807, 2.05) is 6.92 Å². The molecule has 0 unspecified atom stereocenters. The summed E-state index contributed by atoms with van der Waals surface area (Å²) in [5.41, 5.74) is -0.396. The number of aromatic nitrogens is 2. The molecule has 9 heteroatoms. The zero-order valence-electron chi connectivity index (χ0n) is 12.6. The number of amides is 1. The van der Waals surface area contributed by atoms with Crippen molar-refractivity contribution in [3.05, 3.63) is 52.6 Å². The van der Waals surface area contributed by atoms with Gasteiger partial charge in [0.25, 0.3) is 5.91 Å². The number of hydrogen-bond acceptors (Lipinski definition) is 4. The van der Waals surface area contributed by atoms with Crippen LogP contribution in [0, 0.1) is 0 Å². The highest BCUT2D eigenvalue weighted by Gasteiger charge is 2.31. The normalized spacial score (nSPS) is 11.2. The summed E-state index contributed by atoms with van der Waals surface area (Å²) in [5.74, 6) is -0.971. The van der Waals surface area contributed by atoms with Gasteiger partial charge in [0.15, 0.2) is 0 Å². The van der Waals surface area contributed by atoms with Crippen LogP contribution < -0.4 is 15.7 Å². The third-order valence-corrected chi connectivity index (χ3v) is 2.93. The van der Waals surface area contributed by atoms with Crippen LogP contribution in [-0.2, 0) is 6.54 Å². The second-order valence-corrected chi connectivity index (χ2v) is 4.82. The standard InChI is InChI=1S/C15H14F3N3O3/c1-2-8-21-9-7-12(20-14(21)23)19-13(22)10-3-5-11(6-4-10)24-15(16,17)18/h3-7,9H,2,8H2,1H3,(H,19,20,22,23). The molecule has 0 fully saturated rings. The number of nitrogens with one attached hydrogen (secondary N) is 1. The molecule has 2 aromatic rings. The van der Waals surface area contributed by atoms with Gasteiger partial charge in [0.1, 0.15) is 11.6 Å². The van der Waals surface area contributed by atoms with E-state index in [1.165, 1.54) is 29.0 Å². The lowest BCUT2D eigenvalue weighted by Gasteiger charge is -2.09. The SMILES string of the molecule is CCCn1ccc(NC(=O)c2ccc(OC(F)(F)F)cc2)nc1=O. The first-order valence-electron chi connectivity index (χ1n) is 7.03. The molecule has 128 valence electrons. The Labute approximate surface area is 134 Å². The van der Waals surface area contributed by atoms with Crippen molar-refractivity contribution in [3.8, 4) is 5.75 Å². The average molecular weight is 341 g/mol. The van der Waals surface area contributed by atoms with Gasteiger partial charge in [-0.2, -0.15) is 4.98 Å². The van der Waals surface area contributed by atoms with E-state index in [1.54, 1.807) is 0 Å². The van der Waals surface area contributed by atoms with Gasteiger partial charge in [-0.05, 0) is 36.8 Å². The molecule has 0 radical (unpaired) electrons. The molecule has 1 amide bonds. The number of ether oxygens (including phenoxy) is 1. The van der Waals surface area contributed by atoms with Crippen LogP contribution in [0.2, 0.25) is 0 Å². The van der Waals surface area contributed by atoms with E-state index in [-0.39, 0.29) is 11.4 Å². The number of hydrogen-bond donors (Lipinski definition) is 1. The molecule has 0 aliphatic heterocycles. The minimum atomic E-state index is -4.80. The maximum Gasteiger partial charge on any atom is 0.573 e. The molecule has 0 spiro atoms. The van der Waals surface area contributed by atoms with E-state index >= 15 is 0 Å². The van der Waals surface area contributed by atoms with Crippen molar-refractivity contribution in [2.75, 3.05) is 5.32 Å². The van der Waals surface area contributed by atoms with Crippen LogP contribution in [0.25, 0.3) is 0 Å². The quantitative estimate of drug-likeness (QED) is 0.908. The third-order valence-electron chi connectivity index (χ3n) is 2.93. The fraction of sp³-hybridized carbons (Fsp3) is 0.267. The van der Waals surface area contributed by atoms with E-state index < -0.39 is 23.7 Å². The van der Waals surface area contributed by atoms with Gasteiger partial charge in [0, 0.05) is 18.3 Å². The smallest absolute Gasteiger partial charge is 0.406 e. The van der Waals surface area contributed by atoms with Crippen LogP contribution in [0.5, 0.6) is 5.75 Å². The van der Waals surface area contributed by atoms with Gasteiger partial charge in [0.05, 0.1) is 0 Å². The number of alkyl halides is 3. The first-order chi connectivity index (χ1) is 11.3. The van der Waals surface area contributed by atoms with Crippen LogP contribution in [0.4, 0.5) is 19.0 Å². The summed E-state index contributed by atoms with van der Waals surface area (Å²) in [6.45, 7) is 2.43. The molecule has 0 saturated carbocycles. The van der Waals surface area contributed by atoms with Gasteiger partial charge in [0.2, 0.25) is 0 Å². The summed E-state index contributed by atoms with van der Waals surface area (Å²) < 4.78 is 41.3. The lowest BCUT2D eigenvalue weighted by atomic mass is 10.2. The second kappa shape index (κ2) is 7.16. The first-order valence-corrected chi connectivity index (χ1v) is 7.03. The zero-order valence-corrected chi connectivity index (χ0v) is 12.6. The molecule has 1 heterocycles. The van der Waals surface area contributed by atoms with E-state index in [0.29, 0.717) is 6.54 Å². The van der Waals surface area contributed by atoms with Crippen molar-refractivity contribution < 1.29 is 22.7 Å². The Morgan fingerprint density at radius 1 is 1.25 bits per heavy atom. The predicted octanol–water partition coefficient (Wildman–Crippen LogP) is 2.80. The zero-order chi connectivity index (χ0) is 17.7. The van der Waals surface area contributed by atoms with Crippen molar-refractivity contribution in [3.63, 3.8) is 0 Å². The second-order valence-electron chi connectivity index (χ2n) is 4.82. The number of aryl methyl sites for hydroxylation is 1. The topological polar surface area (TPSA) is 73.2 Å². The number of carbonyl (C=O) groups is 1. The molecule has 0 saturated heterocycles. The molecule has 0 aliphatic rings. The van der Waals surface area contributed by atoms with E-state index in [4.69, 9.17) is 0 Å². The largest absolute Gasteiger partial charge is 0.573 e. The Bertz CT molecular complexity index is 770. The molecule has 0 atom stereocenters. The fourth-order valence-corrected chi connectivity index (χ4v) is 1.91. The summed E-state index contributed by atoms with van der Waals surface area (Å²) in [7, 11) is 0. The minimum absolute atomic E-state index is 0.0629. The van der Waals surface area contributed by atoms with Crippen LogP contribution >= 0.6 is 0 Å². The van der Waals surface area contributed by atoms with Crippen molar-refractivity contribution in [2.24, 2.45) is 0 Å². The van der Waals surface area contributed by atoms with Crippen LogP contribution in [-0.4, -0.2) is 21.8 Å². The van der Waals surface area contributed by atoms with E-state index in [9.17, 15) is 22.8 Å². The number of anilines is 1. The first kappa shape index (κ1) is 17.5. The lowest BCUT2D eigenvalue weighted by molar-refractivity contribution is -0.274. The summed E-state index contributed by atoms with van der Waals surface area (Å²) >= 11 is 0. The van der Waals surface area contributed by atoms with Crippen molar-refractivity contribution in [1.29, 1.82) is 0 Å². The van der Waals surface area contributed by atoms with Gasteiger partial charge in [-0.1, -0.05) is 6.92 Å². The molecule has 0 aliphatic carbocycles. The monoisotopic (exact) mass is 341 g/mol. The molecular weight excluding hydrogens is 327 g/mol. The van der Waals surface area contributed by atoms with Gasteiger partial charge in [-0.3, -0.25) is 9.36 Å². The summed E-state index contributed by atoms with van der Waals surface area (Å²) in [6.07, 6.45) is -2.52. The third kappa shape index (κ3) is 4.83. The van der Waals surface area contributed by atoms with Gasteiger partial charge in [-0.25, -0.2) is 4.79 Å². The molecule has 1 aromatic carbocycles. The molecule has 24 heavy (non-hydrogen) atoms. The molecule has 1 aromatic heterocycles. The number of benzene rings is 1. The Morgan fingerprint density at radius 3 is 2.46 bits per heavy atom. The Balaban J connectivity index is 2.07. The average Bonchev–Trinajstić information content (AvgIpc) is 2.49. The molecule has 1 N–H and O–H groups in total. The summed E-state index contributed by atoms with van der Waals surface area (Å²) in [4.78, 5) is 27.4. The van der Waals surface area contributed by atoms with Gasteiger partial charge >= 0.3 is 12.1 Å². The molecule has 0 bridgehead atoms. The minimum Gasteiger partial charge on any atom is -0.406 e. The fourth-order valence-electron chi connectivity index (χ4n) is 1.91. The van der Waals surface area contributed by atoms with Gasteiger partial charge < -0.3 is 10.1 Å². The Morgan fingerprint density at radius 2 is 1.92 bits per heavy atom. The molecule has 2 rings (SSSR count). The predicted molar refractivity (Wildman–Crippen MR) is 79.9 cm³/mol. The summed E-state index contributed by atoms with van der Waals surface area (Å²) in [6, 6.07) is 5.86. The summed E-state index contributed by atoms with van der Waals surface area (Å²) in [5, 5.41) is 2.41. The maximum atomic E-state index is 12.1. The van der Waals surface area contributed by atoms with E-state index in [0.717, 1.165) is 18.6 Å². The van der Waals surface area contributed by atoms with Crippen LogP contribution in [0.3, 0.4) is 0 Å². The van der Waals surface area contributed by atoms with Crippen molar-refractivity contribution in [1.82, 2.24) is 9.55 Å². The Kier molecular flexibility index (Phi) is 5.22. The number of halogens is 3. The number of carbonyl (C=O) groups excluding carboxylic acids is 1. The molecule has 6 nitrogen and oxygen atoms in total. The van der Waals surface area contributed by atoms with E-state index in [2.05, 4.69) is 15.0 Å². The highest BCUT2D eigenvalue weighted by atomic mass is 19.4. The van der Waals surface area contributed by atoms with Crippen LogP contribution in [0.1, 0.15) is 23.7 Å². The highest BCUT2D eigenvalue weighted by Crippen LogP contribution is 2.22. The van der Waals surface area contributed by atoms with Gasteiger partial charge in [-0.15, -0.1) is 13.2 Å². The Hall–Kier alpha value is -2.84. The van der Waals surface area contributed by atoms with Crippen molar-refractivity contribution >= 4 is 11.7 Å². The van der Waals surface area contributed by atoms with Crippen LogP contribution in [0.15, 0.2) is 41.3 Å². The molecular formula is C15H14F3N3O3. The number of nitrogens with zero attached hydrogens (tertiary/aromatic N) is 2. The lowest BCUT2D eigenvalue weighted by Crippen LogP contribution is -2.24. The number of rotatable bonds is 5. The van der Waals surface area contributed by atoms with Crippen molar-refractivity contribution in [2.45, 2.75) is 26.3 Å². The highest BCUT2D eigenvalue weighted by molar-refractivity contribution is 6.03.